The van der Waals surface area contributed by atoms with Crippen LogP contribution in [0.5, 0.6) is 11.5 Å². The van der Waals surface area contributed by atoms with Gasteiger partial charge in [-0.2, -0.15) is 0 Å². The predicted molar refractivity (Wildman–Crippen MR) is 89.2 cm³/mol. The van der Waals surface area contributed by atoms with Crippen molar-refractivity contribution in [2.75, 3.05) is 19.5 Å². The molecule has 1 heterocycles. The third-order valence-electron chi connectivity index (χ3n) is 3.54. The van der Waals surface area contributed by atoms with Crippen LogP contribution in [0.2, 0.25) is 0 Å². The molecule has 5 heteroatoms. The fraction of sp³-hybridized carbons (Fsp3) is 0.111. The van der Waals surface area contributed by atoms with E-state index >= 15 is 0 Å². The number of aromatic nitrogens is 1. The lowest BCUT2D eigenvalue weighted by molar-refractivity contribution is 0.102. The van der Waals surface area contributed by atoms with Gasteiger partial charge in [0.25, 0.3) is 5.91 Å². The smallest absolute Gasteiger partial charge is 0.255 e. The lowest BCUT2D eigenvalue weighted by Gasteiger charge is -2.10. The number of amides is 1. The van der Waals surface area contributed by atoms with E-state index in [1.807, 2.05) is 24.3 Å². The highest BCUT2D eigenvalue weighted by Gasteiger charge is 2.11. The molecule has 5 nitrogen and oxygen atoms in total. The van der Waals surface area contributed by atoms with Crippen LogP contribution in [0, 0.1) is 0 Å². The standard InChI is InChI=1S/C18H16N2O3/c1-22-16-6-4-13(10-17(16)23-2)18(21)20-15-5-3-14-11-19-8-7-12(14)9-15/h3-11H,1-2H3,(H,20,21). The summed E-state index contributed by atoms with van der Waals surface area (Å²) in [4.78, 5) is 16.5. The highest BCUT2D eigenvalue weighted by Crippen LogP contribution is 2.28. The van der Waals surface area contributed by atoms with Crippen LogP contribution in [0.15, 0.2) is 54.9 Å². The first-order chi connectivity index (χ1) is 11.2. The van der Waals surface area contributed by atoms with E-state index in [2.05, 4.69) is 10.3 Å². The topological polar surface area (TPSA) is 60.5 Å². The number of benzene rings is 2. The molecular formula is C18H16N2O3. The summed E-state index contributed by atoms with van der Waals surface area (Å²) in [6.07, 6.45) is 3.51. The van der Waals surface area contributed by atoms with Gasteiger partial charge < -0.3 is 14.8 Å². The Kier molecular flexibility index (Phi) is 4.10. The van der Waals surface area contributed by atoms with Crippen LogP contribution in [-0.2, 0) is 0 Å². The Hall–Kier alpha value is -3.08. The number of carbonyl (C=O) groups is 1. The number of ether oxygens (including phenoxy) is 2. The highest BCUT2D eigenvalue weighted by atomic mass is 16.5. The van der Waals surface area contributed by atoms with Crippen LogP contribution >= 0.6 is 0 Å². The second-order valence-corrected chi connectivity index (χ2v) is 4.96. The Labute approximate surface area is 133 Å². The fourth-order valence-corrected chi connectivity index (χ4v) is 2.34. The molecule has 0 saturated carbocycles. The summed E-state index contributed by atoms with van der Waals surface area (Å²) in [5, 5.41) is 4.93. The zero-order chi connectivity index (χ0) is 16.2. The SMILES string of the molecule is COc1ccc(C(=O)Nc2ccc3cnccc3c2)cc1OC. The van der Waals surface area contributed by atoms with Crippen molar-refractivity contribution in [3.05, 3.63) is 60.4 Å². The van der Waals surface area contributed by atoms with Gasteiger partial charge >= 0.3 is 0 Å². The molecule has 1 aromatic heterocycles. The van der Waals surface area contributed by atoms with Crippen molar-refractivity contribution in [2.45, 2.75) is 0 Å². The molecule has 0 atom stereocenters. The van der Waals surface area contributed by atoms with Crippen LogP contribution in [0.4, 0.5) is 5.69 Å². The van der Waals surface area contributed by atoms with E-state index in [0.29, 0.717) is 17.1 Å². The largest absolute Gasteiger partial charge is 0.493 e. The lowest BCUT2D eigenvalue weighted by Crippen LogP contribution is -2.12. The van der Waals surface area contributed by atoms with Crippen LogP contribution in [-0.4, -0.2) is 25.1 Å². The average molecular weight is 308 g/mol. The molecule has 23 heavy (non-hydrogen) atoms. The normalized spacial score (nSPS) is 10.3. The Bertz CT molecular complexity index is 862. The summed E-state index contributed by atoms with van der Waals surface area (Å²) >= 11 is 0. The molecule has 116 valence electrons. The van der Waals surface area contributed by atoms with E-state index < -0.39 is 0 Å². The Morgan fingerprint density at radius 1 is 0.957 bits per heavy atom. The summed E-state index contributed by atoms with van der Waals surface area (Å²) < 4.78 is 10.4. The quantitative estimate of drug-likeness (QED) is 0.801. The molecule has 1 N–H and O–H groups in total. The monoisotopic (exact) mass is 308 g/mol. The zero-order valence-corrected chi connectivity index (χ0v) is 12.9. The number of hydrogen-bond acceptors (Lipinski definition) is 4. The number of carbonyl (C=O) groups excluding carboxylic acids is 1. The first kappa shape index (κ1) is 14.8. The van der Waals surface area contributed by atoms with Gasteiger partial charge in [0.05, 0.1) is 14.2 Å². The molecule has 1 amide bonds. The van der Waals surface area contributed by atoms with Gasteiger partial charge in [-0.15, -0.1) is 0 Å². The van der Waals surface area contributed by atoms with Crippen LogP contribution in [0.1, 0.15) is 10.4 Å². The summed E-state index contributed by atoms with van der Waals surface area (Å²) in [5.41, 5.74) is 1.22. The predicted octanol–water partition coefficient (Wildman–Crippen LogP) is 3.50. The summed E-state index contributed by atoms with van der Waals surface area (Å²) in [6, 6.07) is 12.6. The first-order valence-corrected chi connectivity index (χ1v) is 7.08. The van der Waals surface area contributed by atoms with Gasteiger partial charge in [0, 0.05) is 29.0 Å². The highest BCUT2D eigenvalue weighted by molar-refractivity contribution is 6.05. The number of anilines is 1. The molecule has 0 aliphatic heterocycles. The van der Waals surface area contributed by atoms with Gasteiger partial charge in [-0.1, -0.05) is 6.07 Å². The molecule has 3 aromatic rings. The maximum atomic E-state index is 12.4. The maximum absolute atomic E-state index is 12.4. The molecular weight excluding hydrogens is 292 g/mol. The number of fused-ring (bicyclic) bond motifs is 1. The molecule has 3 rings (SSSR count). The molecule has 0 fully saturated rings. The van der Waals surface area contributed by atoms with Crippen molar-refractivity contribution in [1.29, 1.82) is 0 Å². The van der Waals surface area contributed by atoms with Crippen molar-refractivity contribution < 1.29 is 14.3 Å². The summed E-state index contributed by atoms with van der Waals surface area (Å²) in [6.45, 7) is 0. The number of rotatable bonds is 4. The lowest BCUT2D eigenvalue weighted by atomic mass is 10.1. The van der Waals surface area contributed by atoms with E-state index in [-0.39, 0.29) is 5.91 Å². The third kappa shape index (κ3) is 3.08. The summed E-state index contributed by atoms with van der Waals surface area (Å²) in [5.74, 6) is 0.895. The average Bonchev–Trinajstić information content (AvgIpc) is 2.60. The minimum Gasteiger partial charge on any atom is -0.493 e. The van der Waals surface area contributed by atoms with Crippen molar-refractivity contribution in [2.24, 2.45) is 0 Å². The van der Waals surface area contributed by atoms with Gasteiger partial charge in [0.2, 0.25) is 0 Å². The van der Waals surface area contributed by atoms with Crippen molar-refractivity contribution in [1.82, 2.24) is 4.98 Å². The van der Waals surface area contributed by atoms with Gasteiger partial charge in [-0.3, -0.25) is 9.78 Å². The number of hydrogen-bond donors (Lipinski definition) is 1. The summed E-state index contributed by atoms with van der Waals surface area (Å²) in [7, 11) is 3.10. The zero-order valence-electron chi connectivity index (χ0n) is 12.9. The van der Waals surface area contributed by atoms with Gasteiger partial charge in [-0.05, 0) is 41.8 Å². The third-order valence-corrected chi connectivity index (χ3v) is 3.54. The molecule has 0 unspecified atom stereocenters. The molecule has 0 bridgehead atoms. The van der Waals surface area contributed by atoms with Crippen molar-refractivity contribution >= 4 is 22.4 Å². The fourth-order valence-electron chi connectivity index (χ4n) is 2.34. The molecule has 0 radical (unpaired) electrons. The molecule has 0 aliphatic rings. The maximum Gasteiger partial charge on any atom is 0.255 e. The van der Waals surface area contributed by atoms with Crippen molar-refractivity contribution in [3.8, 4) is 11.5 Å². The van der Waals surface area contributed by atoms with Gasteiger partial charge in [0.15, 0.2) is 11.5 Å². The van der Waals surface area contributed by atoms with Crippen LogP contribution in [0.3, 0.4) is 0 Å². The minimum atomic E-state index is -0.209. The van der Waals surface area contributed by atoms with E-state index in [4.69, 9.17) is 9.47 Å². The van der Waals surface area contributed by atoms with Gasteiger partial charge in [0.1, 0.15) is 0 Å². The molecule has 2 aromatic carbocycles. The number of nitrogens with one attached hydrogen (secondary N) is 1. The first-order valence-electron chi connectivity index (χ1n) is 7.08. The van der Waals surface area contributed by atoms with E-state index in [1.54, 1.807) is 37.7 Å². The number of methoxy groups -OCH3 is 2. The number of pyridine rings is 1. The van der Waals surface area contributed by atoms with E-state index in [1.165, 1.54) is 7.11 Å². The van der Waals surface area contributed by atoms with Crippen LogP contribution in [0.25, 0.3) is 10.8 Å². The van der Waals surface area contributed by atoms with Gasteiger partial charge in [-0.25, -0.2) is 0 Å². The Morgan fingerprint density at radius 2 is 1.78 bits per heavy atom. The number of nitrogens with zero attached hydrogens (tertiary/aromatic N) is 1. The molecule has 0 spiro atoms. The van der Waals surface area contributed by atoms with Crippen molar-refractivity contribution in [3.63, 3.8) is 0 Å². The molecule has 0 saturated heterocycles. The van der Waals surface area contributed by atoms with E-state index in [9.17, 15) is 4.79 Å². The van der Waals surface area contributed by atoms with E-state index in [0.717, 1.165) is 16.5 Å². The second kappa shape index (κ2) is 6.36. The minimum absolute atomic E-state index is 0.209. The Balaban J connectivity index is 1.85. The second-order valence-electron chi connectivity index (χ2n) is 4.96. The molecule has 0 aliphatic carbocycles. The van der Waals surface area contributed by atoms with Crippen LogP contribution < -0.4 is 14.8 Å². The Morgan fingerprint density at radius 3 is 2.57 bits per heavy atom.